The van der Waals surface area contributed by atoms with Crippen molar-refractivity contribution in [1.29, 1.82) is 0 Å². The van der Waals surface area contributed by atoms with Crippen LogP contribution in [0.2, 0.25) is 0 Å². The molecule has 0 aliphatic carbocycles. The number of rotatable bonds is 6. The molecule has 0 aliphatic heterocycles. The van der Waals surface area contributed by atoms with E-state index >= 15 is 0 Å². The Kier molecular flexibility index (Phi) is 6.64. The van der Waals surface area contributed by atoms with Gasteiger partial charge in [-0.25, -0.2) is 0 Å². The normalized spacial score (nSPS) is 12.7. The molecule has 0 N–H and O–H groups in total. The maximum Gasteiger partial charge on any atom is 0.416 e. The van der Waals surface area contributed by atoms with Crippen LogP contribution >= 0.6 is 15.9 Å². The maximum absolute atomic E-state index is 12.5. The van der Waals surface area contributed by atoms with Crippen molar-refractivity contribution < 1.29 is 22.7 Å². The Hall–Kier alpha value is -1.82. The summed E-state index contributed by atoms with van der Waals surface area (Å²) in [5.74, 6) is -0.285. The first kappa shape index (κ1) is 19.5. The van der Waals surface area contributed by atoms with Gasteiger partial charge in [0.2, 0.25) is 0 Å². The second kappa shape index (κ2) is 8.52. The monoisotopic (exact) mass is 414 g/mol. The molecule has 0 aliphatic rings. The van der Waals surface area contributed by atoms with Crippen LogP contribution in [0, 0.1) is 0 Å². The summed E-state index contributed by atoms with van der Waals surface area (Å²) in [6.45, 7) is 2.24. The Morgan fingerprint density at radius 2 is 1.68 bits per heavy atom. The van der Waals surface area contributed by atoms with Gasteiger partial charge in [-0.2, -0.15) is 13.2 Å². The van der Waals surface area contributed by atoms with Gasteiger partial charge in [-0.15, -0.1) is 0 Å². The predicted molar refractivity (Wildman–Crippen MR) is 93.3 cm³/mol. The van der Waals surface area contributed by atoms with Crippen LogP contribution in [-0.2, 0) is 22.1 Å². The fourth-order valence-electron chi connectivity index (χ4n) is 2.28. The molecule has 0 unspecified atom stereocenters. The fourth-order valence-corrected chi connectivity index (χ4v) is 2.55. The van der Waals surface area contributed by atoms with Crippen LogP contribution in [0.15, 0.2) is 53.0 Å². The fraction of sp³-hybridized carbons (Fsp3) is 0.316. The number of hydrogen-bond acceptors (Lipinski definition) is 2. The summed E-state index contributed by atoms with van der Waals surface area (Å²) in [6.07, 6.45) is -3.86. The standard InChI is InChI=1S/C19H18BrF3O2/c1-13(15-5-9-17(20)10-6-15)12-25-18(24)11-4-14-2-7-16(8-3-14)19(21,22)23/h2-3,5-10,13H,4,11-12H2,1H3/t13-/m1/s1. The summed E-state index contributed by atoms with van der Waals surface area (Å²) in [5.41, 5.74) is 1.05. The average molecular weight is 415 g/mol. The van der Waals surface area contributed by atoms with Gasteiger partial charge in [-0.3, -0.25) is 4.79 Å². The maximum atomic E-state index is 12.5. The molecule has 0 fully saturated rings. The van der Waals surface area contributed by atoms with Crippen LogP contribution < -0.4 is 0 Å². The molecule has 134 valence electrons. The molecule has 0 heterocycles. The van der Waals surface area contributed by atoms with Gasteiger partial charge >= 0.3 is 12.1 Å². The van der Waals surface area contributed by atoms with Gasteiger partial charge in [0.05, 0.1) is 12.2 Å². The van der Waals surface area contributed by atoms with Crippen molar-refractivity contribution in [2.24, 2.45) is 0 Å². The lowest BCUT2D eigenvalue weighted by molar-refractivity contribution is -0.144. The third-order valence-electron chi connectivity index (χ3n) is 3.83. The Bertz CT molecular complexity index is 694. The number of benzene rings is 2. The SMILES string of the molecule is C[C@H](COC(=O)CCc1ccc(C(F)(F)F)cc1)c1ccc(Br)cc1. The Labute approximate surface area is 153 Å². The number of carbonyl (C=O) groups excluding carboxylic acids is 1. The van der Waals surface area contributed by atoms with E-state index in [1.807, 2.05) is 31.2 Å². The third kappa shape index (κ3) is 6.20. The molecule has 0 saturated heterocycles. The van der Waals surface area contributed by atoms with Crippen molar-refractivity contribution in [3.05, 3.63) is 69.7 Å². The number of alkyl halides is 3. The van der Waals surface area contributed by atoms with E-state index in [-0.39, 0.29) is 24.9 Å². The second-order valence-electron chi connectivity index (χ2n) is 5.83. The molecule has 0 amide bonds. The van der Waals surface area contributed by atoms with Crippen molar-refractivity contribution in [2.45, 2.75) is 31.9 Å². The van der Waals surface area contributed by atoms with Crippen LogP contribution in [0.1, 0.15) is 36.0 Å². The molecular formula is C19H18BrF3O2. The third-order valence-corrected chi connectivity index (χ3v) is 4.36. The molecular weight excluding hydrogens is 397 g/mol. The van der Waals surface area contributed by atoms with E-state index in [1.54, 1.807) is 0 Å². The molecule has 6 heteroatoms. The van der Waals surface area contributed by atoms with E-state index in [0.717, 1.165) is 22.2 Å². The van der Waals surface area contributed by atoms with Gasteiger partial charge in [0.1, 0.15) is 0 Å². The van der Waals surface area contributed by atoms with Crippen LogP contribution in [-0.4, -0.2) is 12.6 Å². The highest BCUT2D eigenvalue weighted by Gasteiger charge is 2.29. The highest BCUT2D eigenvalue weighted by molar-refractivity contribution is 9.10. The molecule has 1 atom stereocenters. The molecule has 2 aromatic carbocycles. The van der Waals surface area contributed by atoms with Crippen LogP contribution in [0.5, 0.6) is 0 Å². The van der Waals surface area contributed by atoms with Gasteiger partial charge in [-0.05, 0) is 41.8 Å². The lowest BCUT2D eigenvalue weighted by atomic mass is 10.0. The quantitative estimate of drug-likeness (QED) is 0.562. The van der Waals surface area contributed by atoms with E-state index in [4.69, 9.17) is 4.74 Å². The predicted octanol–water partition coefficient (Wildman–Crippen LogP) is 5.75. The minimum absolute atomic E-state index is 0.0723. The topological polar surface area (TPSA) is 26.3 Å². The van der Waals surface area contributed by atoms with E-state index < -0.39 is 11.7 Å². The summed E-state index contributed by atoms with van der Waals surface area (Å²) in [4.78, 5) is 11.8. The van der Waals surface area contributed by atoms with Gasteiger partial charge < -0.3 is 4.74 Å². The molecule has 2 rings (SSSR count). The van der Waals surface area contributed by atoms with Gasteiger partial charge in [-0.1, -0.05) is 47.1 Å². The lowest BCUT2D eigenvalue weighted by Crippen LogP contribution is -2.11. The smallest absolute Gasteiger partial charge is 0.416 e. The van der Waals surface area contributed by atoms with Crippen LogP contribution in [0.3, 0.4) is 0 Å². The van der Waals surface area contributed by atoms with Gasteiger partial charge in [0.15, 0.2) is 0 Å². The second-order valence-corrected chi connectivity index (χ2v) is 6.75. The van der Waals surface area contributed by atoms with Crippen molar-refractivity contribution in [3.8, 4) is 0 Å². The van der Waals surface area contributed by atoms with Crippen LogP contribution in [0.4, 0.5) is 13.2 Å². The van der Waals surface area contributed by atoms with Gasteiger partial charge in [0.25, 0.3) is 0 Å². The molecule has 0 radical (unpaired) electrons. The van der Waals surface area contributed by atoms with Gasteiger partial charge in [0, 0.05) is 16.8 Å². The summed E-state index contributed by atoms with van der Waals surface area (Å²) < 4.78 is 43.7. The highest BCUT2D eigenvalue weighted by Crippen LogP contribution is 2.29. The minimum atomic E-state index is -4.35. The first-order valence-corrected chi connectivity index (χ1v) is 8.62. The van der Waals surface area contributed by atoms with E-state index in [9.17, 15) is 18.0 Å². The largest absolute Gasteiger partial charge is 0.465 e. The molecule has 0 bridgehead atoms. The summed E-state index contributed by atoms with van der Waals surface area (Å²) in [5, 5.41) is 0. The molecule has 25 heavy (non-hydrogen) atoms. The number of carbonyl (C=O) groups is 1. The Balaban J connectivity index is 1.78. The van der Waals surface area contributed by atoms with Crippen LogP contribution in [0.25, 0.3) is 0 Å². The number of aryl methyl sites for hydroxylation is 1. The summed E-state index contributed by atoms with van der Waals surface area (Å²) in [6, 6.07) is 12.6. The van der Waals surface area contributed by atoms with E-state index in [1.165, 1.54) is 12.1 Å². The summed E-state index contributed by atoms with van der Waals surface area (Å²) >= 11 is 3.37. The number of esters is 1. The van der Waals surface area contributed by atoms with Crippen molar-refractivity contribution in [2.75, 3.05) is 6.61 Å². The van der Waals surface area contributed by atoms with E-state index in [2.05, 4.69) is 15.9 Å². The van der Waals surface area contributed by atoms with Crippen molar-refractivity contribution in [1.82, 2.24) is 0 Å². The van der Waals surface area contributed by atoms with E-state index in [0.29, 0.717) is 12.0 Å². The van der Waals surface area contributed by atoms with Crippen molar-refractivity contribution in [3.63, 3.8) is 0 Å². The molecule has 2 aromatic rings. The highest BCUT2D eigenvalue weighted by atomic mass is 79.9. The van der Waals surface area contributed by atoms with Crippen molar-refractivity contribution >= 4 is 21.9 Å². The lowest BCUT2D eigenvalue weighted by Gasteiger charge is -2.13. The first-order chi connectivity index (χ1) is 11.8. The zero-order chi connectivity index (χ0) is 18.4. The summed E-state index contributed by atoms with van der Waals surface area (Å²) in [7, 11) is 0. The first-order valence-electron chi connectivity index (χ1n) is 7.83. The molecule has 0 saturated carbocycles. The number of halogens is 4. The zero-order valence-corrected chi connectivity index (χ0v) is 15.2. The Morgan fingerprint density at radius 1 is 1.08 bits per heavy atom. The number of hydrogen-bond donors (Lipinski definition) is 0. The molecule has 2 nitrogen and oxygen atoms in total. The average Bonchev–Trinajstić information content (AvgIpc) is 2.58. The molecule has 0 spiro atoms. The Morgan fingerprint density at radius 3 is 2.24 bits per heavy atom. The minimum Gasteiger partial charge on any atom is -0.465 e. The zero-order valence-electron chi connectivity index (χ0n) is 13.6. The number of ether oxygens (including phenoxy) is 1. The molecule has 0 aromatic heterocycles.